The maximum Gasteiger partial charge on any atom is 0.271 e. The van der Waals surface area contributed by atoms with Crippen molar-refractivity contribution in [3.05, 3.63) is 83.1 Å². The van der Waals surface area contributed by atoms with E-state index in [-0.39, 0.29) is 47.4 Å². The van der Waals surface area contributed by atoms with Gasteiger partial charge in [-0.3, -0.25) is 14.5 Å². The summed E-state index contributed by atoms with van der Waals surface area (Å²) in [5.74, 6) is -1.16. The lowest BCUT2D eigenvalue weighted by atomic mass is 9.93. The standard InChI is InChI=1S/C32H31N5O6S/c1-22-28(31(38)36(32(39)29(22)19-33)21-26-10-6-14-43-26)18-24-20-37(25-8-3-2-4-9-25)34-30(24)23-7-5-11-27(17-23)44(40,41)35-12-15-42-16-13-35/h2-5,7-9,11,17-18,20,26H,6,10,12-16,21H2,1H3/b28-18+. The third-order valence-corrected chi connectivity index (χ3v) is 9.91. The highest BCUT2D eigenvalue weighted by atomic mass is 32.2. The number of ether oxygens (including phenoxy) is 2. The van der Waals surface area contributed by atoms with Gasteiger partial charge in [-0.15, -0.1) is 0 Å². The summed E-state index contributed by atoms with van der Waals surface area (Å²) >= 11 is 0. The molecular weight excluding hydrogens is 582 g/mol. The lowest BCUT2D eigenvalue weighted by Gasteiger charge is -2.29. The molecule has 11 nitrogen and oxygen atoms in total. The lowest BCUT2D eigenvalue weighted by molar-refractivity contribution is -0.142. The van der Waals surface area contributed by atoms with Crippen LogP contribution in [0.3, 0.4) is 0 Å². The molecule has 4 heterocycles. The van der Waals surface area contributed by atoms with Crippen LogP contribution in [0.25, 0.3) is 23.0 Å². The van der Waals surface area contributed by atoms with E-state index in [0.29, 0.717) is 36.6 Å². The van der Waals surface area contributed by atoms with E-state index in [1.54, 1.807) is 48.1 Å². The summed E-state index contributed by atoms with van der Waals surface area (Å²) in [6, 6.07) is 17.9. The maximum absolute atomic E-state index is 13.8. The zero-order chi connectivity index (χ0) is 30.8. The highest BCUT2D eigenvalue weighted by Crippen LogP contribution is 2.33. The minimum absolute atomic E-state index is 0.0606. The highest BCUT2D eigenvalue weighted by molar-refractivity contribution is 7.89. The third-order valence-electron chi connectivity index (χ3n) is 8.01. The van der Waals surface area contributed by atoms with Gasteiger partial charge in [-0.1, -0.05) is 30.3 Å². The lowest BCUT2D eigenvalue weighted by Crippen LogP contribution is -2.46. The minimum Gasteiger partial charge on any atom is -0.379 e. The molecule has 0 N–H and O–H groups in total. The van der Waals surface area contributed by atoms with Crippen molar-refractivity contribution in [1.29, 1.82) is 5.26 Å². The highest BCUT2D eigenvalue weighted by Gasteiger charge is 2.37. The molecule has 1 unspecified atom stereocenters. The van der Waals surface area contributed by atoms with Crippen molar-refractivity contribution in [3.8, 4) is 23.0 Å². The molecule has 1 aromatic heterocycles. The summed E-state index contributed by atoms with van der Waals surface area (Å²) in [5, 5.41) is 14.7. The maximum atomic E-state index is 13.8. The summed E-state index contributed by atoms with van der Waals surface area (Å²) in [6.07, 6.45) is 4.64. The number of nitrogens with zero attached hydrogens (tertiary/aromatic N) is 5. The van der Waals surface area contributed by atoms with Crippen molar-refractivity contribution in [2.24, 2.45) is 0 Å². The van der Waals surface area contributed by atoms with Crippen LogP contribution >= 0.6 is 0 Å². The van der Waals surface area contributed by atoms with Crippen molar-refractivity contribution >= 4 is 27.9 Å². The Kier molecular flexibility index (Phi) is 8.29. The number of para-hydroxylation sites is 1. The molecule has 0 saturated carbocycles. The van der Waals surface area contributed by atoms with Crippen molar-refractivity contribution in [1.82, 2.24) is 19.0 Å². The van der Waals surface area contributed by atoms with Crippen LogP contribution in [0.4, 0.5) is 0 Å². The fourth-order valence-electron chi connectivity index (χ4n) is 5.61. The topological polar surface area (TPSA) is 135 Å². The largest absolute Gasteiger partial charge is 0.379 e. The third kappa shape index (κ3) is 5.62. The number of carbonyl (C=O) groups is 2. The fourth-order valence-corrected chi connectivity index (χ4v) is 7.07. The van der Waals surface area contributed by atoms with Crippen LogP contribution in [0, 0.1) is 11.3 Å². The van der Waals surface area contributed by atoms with Gasteiger partial charge < -0.3 is 9.47 Å². The monoisotopic (exact) mass is 613 g/mol. The predicted molar refractivity (Wildman–Crippen MR) is 161 cm³/mol. The average Bonchev–Trinajstić information content (AvgIpc) is 3.73. The summed E-state index contributed by atoms with van der Waals surface area (Å²) in [4.78, 5) is 28.2. The molecule has 2 aromatic carbocycles. The van der Waals surface area contributed by atoms with E-state index in [0.717, 1.165) is 23.4 Å². The molecule has 0 bridgehead atoms. The van der Waals surface area contributed by atoms with E-state index in [2.05, 4.69) is 0 Å². The van der Waals surface area contributed by atoms with Crippen LogP contribution in [0.1, 0.15) is 25.3 Å². The van der Waals surface area contributed by atoms with Crippen molar-refractivity contribution in [3.63, 3.8) is 0 Å². The van der Waals surface area contributed by atoms with Gasteiger partial charge in [-0.05, 0) is 55.7 Å². The molecule has 2 saturated heterocycles. The Balaban J connectivity index is 1.46. The van der Waals surface area contributed by atoms with E-state index < -0.39 is 21.8 Å². The summed E-state index contributed by atoms with van der Waals surface area (Å²) < 4.78 is 41.0. The number of rotatable bonds is 7. The quantitative estimate of drug-likeness (QED) is 0.293. The summed E-state index contributed by atoms with van der Waals surface area (Å²) in [7, 11) is -3.78. The van der Waals surface area contributed by atoms with Crippen LogP contribution in [0.2, 0.25) is 0 Å². The Morgan fingerprint density at radius 3 is 2.52 bits per heavy atom. The molecule has 3 aliphatic rings. The normalized spacial score (nSPS) is 20.9. The number of carbonyl (C=O) groups excluding carboxylic acids is 2. The molecule has 3 aromatic rings. The summed E-state index contributed by atoms with van der Waals surface area (Å²) in [6.45, 7) is 3.40. The molecule has 0 spiro atoms. The van der Waals surface area contributed by atoms with Crippen molar-refractivity contribution < 1.29 is 27.5 Å². The molecule has 1 atom stereocenters. The Bertz CT molecular complexity index is 1810. The Hall–Kier alpha value is -4.41. The molecular formula is C32H31N5O6S. The van der Waals surface area contributed by atoms with Gasteiger partial charge in [0.15, 0.2) is 0 Å². The van der Waals surface area contributed by atoms with E-state index >= 15 is 0 Å². The molecule has 0 radical (unpaired) electrons. The number of hydrogen-bond acceptors (Lipinski definition) is 8. The second-order valence-corrected chi connectivity index (χ2v) is 12.7. The van der Waals surface area contributed by atoms with Gasteiger partial charge in [0.1, 0.15) is 17.3 Å². The number of aromatic nitrogens is 2. The van der Waals surface area contributed by atoms with Gasteiger partial charge in [0.25, 0.3) is 11.8 Å². The smallest absolute Gasteiger partial charge is 0.271 e. The van der Waals surface area contributed by atoms with E-state index in [4.69, 9.17) is 14.6 Å². The molecule has 6 rings (SSSR count). The Labute approximate surface area is 255 Å². The van der Waals surface area contributed by atoms with Crippen LogP contribution in [0.15, 0.2) is 82.4 Å². The minimum atomic E-state index is -3.78. The first-order valence-electron chi connectivity index (χ1n) is 14.4. The molecule has 2 fully saturated rings. The molecule has 2 amide bonds. The number of hydrogen-bond donors (Lipinski definition) is 0. The van der Waals surface area contributed by atoms with E-state index in [9.17, 15) is 23.3 Å². The number of morpholine rings is 1. The first kappa shape index (κ1) is 29.7. The van der Waals surface area contributed by atoms with Gasteiger partial charge in [0, 0.05) is 42.6 Å². The molecule has 0 aliphatic carbocycles. The first-order chi connectivity index (χ1) is 21.3. The molecule has 44 heavy (non-hydrogen) atoms. The SMILES string of the molecule is CC1=C(C#N)C(=O)N(CC2CCCO2)C(=O)/C1=C/c1cn(-c2ccccc2)nc1-c1cccc(S(=O)(=O)N2CCOCC2)c1. The van der Waals surface area contributed by atoms with E-state index in [1.807, 2.05) is 36.4 Å². The second kappa shape index (κ2) is 12.3. The van der Waals surface area contributed by atoms with Gasteiger partial charge in [0.2, 0.25) is 10.0 Å². The molecule has 3 aliphatic heterocycles. The fraction of sp³-hybridized carbons (Fsp3) is 0.312. The summed E-state index contributed by atoms with van der Waals surface area (Å²) in [5.41, 5.74) is 2.58. The number of nitriles is 1. The zero-order valence-corrected chi connectivity index (χ0v) is 25.0. The number of sulfonamides is 1. The van der Waals surface area contributed by atoms with Gasteiger partial charge >= 0.3 is 0 Å². The first-order valence-corrected chi connectivity index (χ1v) is 15.9. The number of benzene rings is 2. The van der Waals surface area contributed by atoms with Crippen LogP contribution < -0.4 is 0 Å². The number of imide groups is 1. The van der Waals surface area contributed by atoms with Gasteiger partial charge in [0.05, 0.1) is 36.4 Å². The molecule has 226 valence electrons. The Morgan fingerprint density at radius 2 is 1.82 bits per heavy atom. The molecule has 12 heteroatoms. The zero-order valence-electron chi connectivity index (χ0n) is 24.2. The van der Waals surface area contributed by atoms with Gasteiger partial charge in [-0.25, -0.2) is 13.1 Å². The van der Waals surface area contributed by atoms with Crippen molar-refractivity contribution in [2.75, 3.05) is 39.5 Å². The van der Waals surface area contributed by atoms with E-state index in [1.165, 1.54) is 4.31 Å². The van der Waals surface area contributed by atoms with Crippen LogP contribution in [-0.4, -0.2) is 84.8 Å². The van der Waals surface area contributed by atoms with Crippen LogP contribution in [0.5, 0.6) is 0 Å². The predicted octanol–water partition coefficient (Wildman–Crippen LogP) is 3.33. The van der Waals surface area contributed by atoms with Crippen molar-refractivity contribution in [2.45, 2.75) is 30.8 Å². The average molecular weight is 614 g/mol. The second-order valence-electron chi connectivity index (χ2n) is 10.8. The number of amides is 2. The Morgan fingerprint density at radius 1 is 1.05 bits per heavy atom. The van der Waals surface area contributed by atoms with Gasteiger partial charge in [-0.2, -0.15) is 14.7 Å². The van der Waals surface area contributed by atoms with Crippen LogP contribution in [-0.2, 0) is 29.1 Å².